The number of H-pyrrole nitrogens is 1. The lowest BCUT2D eigenvalue weighted by molar-refractivity contribution is 0.100. The third kappa shape index (κ3) is 3.91. The SMILES string of the molecule is C[Si](C)(C)c1cnc(=O)[nH]c1N(C(=O)c1ccccc1)[Si](C)(C)C. The van der Waals surface area contributed by atoms with Gasteiger partial charge >= 0.3 is 5.69 Å². The maximum absolute atomic E-state index is 13.2. The van der Waals surface area contributed by atoms with Gasteiger partial charge in [-0.15, -0.1) is 0 Å². The minimum Gasteiger partial charge on any atom is -0.324 e. The highest BCUT2D eigenvalue weighted by Gasteiger charge is 2.35. The van der Waals surface area contributed by atoms with E-state index in [1.54, 1.807) is 6.20 Å². The molecule has 0 spiro atoms. The molecule has 1 amide bonds. The number of carbonyl (C=O) groups is 1. The predicted octanol–water partition coefficient (Wildman–Crippen LogP) is 2.80. The van der Waals surface area contributed by atoms with Crippen molar-refractivity contribution in [3.63, 3.8) is 0 Å². The van der Waals surface area contributed by atoms with Crippen LogP contribution in [0, 0.1) is 0 Å². The first kappa shape index (κ1) is 18.3. The standard InChI is InChI=1S/C17H25N3O2Si2/c1-23(2,3)14-12-18-17(22)19-15(14)20(24(4,5)6)16(21)13-10-8-7-9-11-13/h7-12H,1-6H3,(H,18,19,22). The topological polar surface area (TPSA) is 66.1 Å². The number of hydrogen-bond donors (Lipinski definition) is 1. The summed E-state index contributed by atoms with van der Waals surface area (Å²) < 4.78 is 1.82. The first-order valence-electron chi connectivity index (χ1n) is 8.01. The molecule has 0 aliphatic heterocycles. The number of aromatic amines is 1. The first-order chi connectivity index (χ1) is 11.0. The number of carbonyl (C=O) groups excluding carboxylic acids is 1. The highest BCUT2D eigenvalue weighted by atomic mass is 28.3. The molecular weight excluding hydrogens is 334 g/mol. The molecule has 0 aliphatic carbocycles. The molecule has 1 aromatic heterocycles. The molecule has 0 aliphatic rings. The Morgan fingerprint density at radius 1 is 1.04 bits per heavy atom. The lowest BCUT2D eigenvalue weighted by Gasteiger charge is -2.36. The lowest BCUT2D eigenvalue weighted by Crippen LogP contribution is -2.55. The molecule has 128 valence electrons. The van der Waals surface area contributed by atoms with E-state index in [0.717, 1.165) is 5.19 Å². The number of rotatable bonds is 4. The third-order valence-electron chi connectivity index (χ3n) is 3.72. The Labute approximate surface area is 144 Å². The average molecular weight is 360 g/mol. The van der Waals surface area contributed by atoms with Crippen LogP contribution in [0.5, 0.6) is 0 Å². The van der Waals surface area contributed by atoms with Crippen LogP contribution in [0.2, 0.25) is 39.3 Å². The molecular formula is C17H25N3O2Si2. The second kappa shape index (κ2) is 6.48. The van der Waals surface area contributed by atoms with E-state index in [0.29, 0.717) is 11.4 Å². The molecule has 0 fully saturated rings. The van der Waals surface area contributed by atoms with Gasteiger partial charge in [0.25, 0.3) is 5.91 Å². The van der Waals surface area contributed by atoms with Crippen molar-refractivity contribution in [2.75, 3.05) is 4.57 Å². The van der Waals surface area contributed by atoms with Crippen LogP contribution < -0.4 is 15.4 Å². The van der Waals surface area contributed by atoms with E-state index in [1.165, 1.54) is 0 Å². The van der Waals surface area contributed by atoms with E-state index >= 15 is 0 Å². The monoisotopic (exact) mass is 359 g/mol. The molecule has 0 radical (unpaired) electrons. The molecule has 1 heterocycles. The highest BCUT2D eigenvalue weighted by molar-refractivity contribution is 6.91. The number of nitrogens with zero attached hydrogens (tertiary/aromatic N) is 2. The third-order valence-corrected chi connectivity index (χ3v) is 7.47. The van der Waals surface area contributed by atoms with Crippen LogP contribution in [0.3, 0.4) is 0 Å². The minimum absolute atomic E-state index is 0.0730. The number of nitrogens with one attached hydrogen (secondary N) is 1. The zero-order valence-corrected chi connectivity index (χ0v) is 17.2. The van der Waals surface area contributed by atoms with Gasteiger partial charge < -0.3 is 4.57 Å². The van der Waals surface area contributed by atoms with Gasteiger partial charge in [0, 0.05) is 11.8 Å². The molecule has 0 saturated heterocycles. The summed E-state index contributed by atoms with van der Waals surface area (Å²) in [6.45, 7) is 12.8. The van der Waals surface area contributed by atoms with Crippen LogP contribution in [-0.4, -0.2) is 32.2 Å². The summed E-state index contributed by atoms with van der Waals surface area (Å²) in [5.41, 5.74) is 0.204. The highest BCUT2D eigenvalue weighted by Crippen LogP contribution is 2.22. The normalized spacial score (nSPS) is 12.1. The molecule has 1 N–H and O–H groups in total. The summed E-state index contributed by atoms with van der Waals surface area (Å²) in [5.74, 6) is 0.554. The molecule has 0 unspecified atom stereocenters. The zero-order valence-electron chi connectivity index (χ0n) is 15.2. The molecule has 5 nitrogen and oxygen atoms in total. The van der Waals surface area contributed by atoms with Gasteiger partial charge in [-0.25, -0.2) is 9.78 Å². The molecule has 0 atom stereocenters. The Morgan fingerprint density at radius 3 is 2.12 bits per heavy atom. The zero-order chi connectivity index (χ0) is 18.1. The molecule has 1 aromatic carbocycles. The van der Waals surface area contributed by atoms with Gasteiger partial charge in [-0.3, -0.25) is 9.78 Å². The Kier molecular flexibility index (Phi) is 4.96. The number of hydrogen-bond acceptors (Lipinski definition) is 3. The maximum Gasteiger partial charge on any atom is 0.346 e. The van der Waals surface area contributed by atoms with Gasteiger partial charge in [-0.2, -0.15) is 0 Å². The Bertz CT molecular complexity index is 790. The molecule has 7 heteroatoms. The Balaban J connectivity index is 2.69. The first-order valence-corrected chi connectivity index (χ1v) is 15.0. The molecule has 0 saturated carbocycles. The average Bonchev–Trinajstić information content (AvgIpc) is 2.45. The largest absolute Gasteiger partial charge is 0.346 e. The van der Waals surface area contributed by atoms with E-state index in [9.17, 15) is 9.59 Å². The van der Waals surface area contributed by atoms with E-state index < -0.39 is 22.0 Å². The maximum atomic E-state index is 13.2. The second-order valence-electron chi connectivity index (χ2n) is 7.88. The predicted molar refractivity (Wildman–Crippen MR) is 104 cm³/mol. The van der Waals surface area contributed by atoms with E-state index in [4.69, 9.17) is 0 Å². The van der Waals surface area contributed by atoms with Crippen LogP contribution in [0.15, 0.2) is 41.3 Å². The van der Waals surface area contributed by atoms with E-state index in [1.807, 2.05) is 34.9 Å². The lowest BCUT2D eigenvalue weighted by atomic mass is 10.2. The van der Waals surface area contributed by atoms with Crippen molar-refractivity contribution in [2.24, 2.45) is 0 Å². The molecule has 0 bridgehead atoms. The van der Waals surface area contributed by atoms with Gasteiger partial charge in [-0.1, -0.05) is 57.5 Å². The van der Waals surface area contributed by atoms with Gasteiger partial charge in [0.15, 0.2) is 8.24 Å². The van der Waals surface area contributed by atoms with Crippen molar-refractivity contribution in [1.29, 1.82) is 0 Å². The molecule has 2 rings (SSSR count). The Hall–Kier alpha value is -2.00. The number of benzene rings is 1. The van der Waals surface area contributed by atoms with Crippen LogP contribution >= 0.6 is 0 Å². The van der Waals surface area contributed by atoms with E-state index in [-0.39, 0.29) is 5.91 Å². The Morgan fingerprint density at radius 2 is 1.62 bits per heavy atom. The van der Waals surface area contributed by atoms with Crippen LogP contribution in [0.4, 0.5) is 5.82 Å². The summed E-state index contributed by atoms with van der Waals surface area (Å²) in [5, 5.41) is 0.994. The fraction of sp³-hybridized carbons (Fsp3) is 0.353. The summed E-state index contributed by atoms with van der Waals surface area (Å²) in [7, 11) is -3.89. The fourth-order valence-electron chi connectivity index (χ4n) is 2.56. The summed E-state index contributed by atoms with van der Waals surface area (Å²) in [6, 6.07) is 9.21. The quantitative estimate of drug-likeness (QED) is 0.854. The summed E-state index contributed by atoms with van der Waals surface area (Å²) in [6.07, 6.45) is 1.64. The van der Waals surface area contributed by atoms with Gasteiger partial charge in [0.1, 0.15) is 5.82 Å². The van der Waals surface area contributed by atoms with Gasteiger partial charge in [0.05, 0.1) is 8.07 Å². The summed E-state index contributed by atoms with van der Waals surface area (Å²) >= 11 is 0. The van der Waals surface area contributed by atoms with Crippen LogP contribution in [0.1, 0.15) is 10.4 Å². The molecule has 2 aromatic rings. The number of amides is 1. The van der Waals surface area contributed by atoms with Crippen molar-refractivity contribution in [1.82, 2.24) is 9.97 Å². The van der Waals surface area contributed by atoms with Crippen molar-refractivity contribution >= 4 is 33.2 Å². The summed E-state index contributed by atoms with van der Waals surface area (Å²) in [4.78, 5) is 31.9. The second-order valence-corrected chi connectivity index (χ2v) is 17.7. The van der Waals surface area contributed by atoms with Gasteiger partial charge in [0.2, 0.25) is 0 Å². The molecule has 24 heavy (non-hydrogen) atoms. The van der Waals surface area contributed by atoms with Crippen molar-refractivity contribution in [2.45, 2.75) is 39.3 Å². The van der Waals surface area contributed by atoms with Crippen molar-refractivity contribution in [3.05, 3.63) is 52.6 Å². The van der Waals surface area contributed by atoms with Crippen molar-refractivity contribution in [3.8, 4) is 0 Å². The number of aromatic nitrogens is 2. The minimum atomic E-state index is -2.10. The van der Waals surface area contributed by atoms with Crippen LogP contribution in [-0.2, 0) is 0 Å². The van der Waals surface area contributed by atoms with Crippen molar-refractivity contribution < 1.29 is 4.79 Å². The van der Waals surface area contributed by atoms with E-state index in [2.05, 4.69) is 49.3 Å². The smallest absolute Gasteiger partial charge is 0.324 e. The van der Waals surface area contributed by atoms with Crippen LogP contribution in [0.25, 0.3) is 0 Å². The van der Waals surface area contributed by atoms with Gasteiger partial charge in [-0.05, 0) is 17.3 Å². The fourth-order valence-corrected chi connectivity index (χ4v) is 5.60. The number of anilines is 1.